The topological polar surface area (TPSA) is 25.2 Å². The maximum absolute atomic E-state index is 11.6. The highest BCUT2D eigenvalue weighted by Crippen LogP contribution is 2.37. The molecule has 98 valence electrons. The first-order valence-corrected chi connectivity index (χ1v) is 7.39. The largest absolute Gasteiger partial charge is 0.329 e. The van der Waals surface area contributed by atoms with Crippen LogP contribution in [0.5, 0.6) is 0 Å². The molecule has 1 aliphatic rings. The van der Waals surface area contributed by atoms with Gasteiger partial charge >= 0.3 is 0 Å². The van der Waals surface area contributed by atoms with Crippen LogP contribution in [0.3, 0.4) is 0 Å². The summed E-state index contributed by atoms with van der Waals surface area (Å²) in [5, 5.41) is 0.855. The molecule has 0 N–H and O–H groups in total. The minimum absolute atomic E-state index is 0.126. The number of hydrogen-bond donors (Lipinski definition) is 0. The molecule has 0 unspecified atom stereocenters. The first kappa shape index (κ1) is 12.6. The van der Waals surface area contributed by atoms with Crippen molar-refractivity contribution < 1.29 is 4.79 Å². The van der Waals surface area contributed by atoms with Gasteiger partial charge in [-0.25, -0.2) is 0 Å². The minimum atomic E-state index is 0.126. The molecular weight excluding hydrogens is 280 g/mol. The Balaban J connectivity index is 1.87. The molecular formula is C14H13ClN2OS. The molecule has 1 amide bonds. The van der Waals surface area contributed by atoms with Crippen LogP contribution in [0.2, 0.25) is 5.02 Å². The summed E-state index contributed by atoms with van der Waals surface area (Å²) >= 11 is 7.55. The van der Waals surface area contributed by atoms with Crippen LogP contribution in [0.15, 0.2) is 42.7 Å². The molecule has 5 heteroatoms. The quantitative estimate of drug-likeness (QED) is 0.848. The molecule has 2 aromatic rings. The van der Waals surface area contributed by atoms with Crippen LogP contribution in [-0.4, -0.2) is 28.2 Å². The second-order valence-corrected chi connectivity index (χ2v) is 6.00. The average Bonchev–Trinajstić information content (AvgIpc) is 2.99. The number of carbonyl (C=O) groups excluding carboxylic acids is 1. The van der Waals surface area contributed by atoms with E-state index >= 15 is 0 Å². The lowest BCUT2D eigenvalue weighted by Gasteiger charge is -2.17. The number of nitrogens with zero attached hydrogens (tertiary/aromatic N) is 2. The first-order valence-electron chi connectivity index (χ1n) is 5.96. The lowest BCUT2D eigenvalue weighted by atomic mass is 10.3. The summed E-state index contributed by atoms with van der Waals surface area (Å²) in [6.07, 6.45) is 4.08. The van der Waals surface area contributed by atoms with E-state index < -0.39 is 0 Å². The van der Waals surface area contributed by atoms with Crippen molar-refractivity contribution in [3.63, 3.8) is 0 Å². The van der Waals surface area contributed by atoms with Crippen molar-refractivity contribution in [2.75, 3.05) is 12.8 Å². The van der Waals surface area contributed by atoms with Gasteiger partial charge in [0.1, 0.15) is 5.37 Å². The Morgan fingerprint density at radius 3 is 2.63 bits per heavy atom. The molecule has 1 aromatic heterocycles. The van der Waals surface area contributed by atoms with Crippen LogP contribution in [0, 0.1) is 0 Å². The maximum atomic E-state index is 11.6. The van der Waals surface area contributed by atoms with Crippen LogP contribution in [-0.2, 0) is 4.79 Å². The lowest BCUT2D eigenvalue weighted by Crippen LogP contribution is -2.22. The summed E-state index contributed by atoms with van der Waals surface area (Å²) < 4.78 is 2.04. The number of thioether (sulfide) groups is 1. The van der Waals surface area contributed by atoms with Gasteiger partial charge in [-0.3, -0.25) is 4.79 Å². The lowest BCUT2D eigenvalue weighted by molar-refractivity contribution is -0.126. The number of benzene rings is 1. The predicted molar refractivity (Wildman–Crippen MR) is 78.7 cm³/mol. The number of halogens is 1. The van der Waals surface area contributed by atoms with Crippen molar-refractivity contribution in [3.8, 4) is 5.69 Å². The fourth-order valence-corrected chi connectivity index (χ4v) is 3.45. The molecule has 0 bridgehead atoms. The molecule has 1 fully saturated rings. The molecule has 1 aliphatic heterocycles. The van der Waals surface area contributed by atoms with Gasteiger partial charge in [0, 0.05) is 35.7 Å². The van der Waals surface area contributed by atoms with Crippen molar-refractivity contribution in [1.29, 1.82) is 0 Å². The van der Waals surface area contributed by atoms with Gasteiger partial charge in [-0.2, -0.15) is 0 Å². The van der Waals surface area contributed by atoms with Gasteiger partial charge in [0.2, 0.25) is 5.91 Å². The van der Waals surface area contributed by atoms with Gasteiger partial charge < -0.3 is 9.47 Å². The van der Waals surface area contributed by atoms with Crippen molar-refractivity contribution in [1.82, 2.24) is 9.47 Å². The van der Waals surface area contributed by atoms with Gasteiger partial charge in [0.05, 0.1) is 5.75 Å². The second kappa shape index (κ2) is 4.94. The third kappa shape index (κ3) is 2.38. The molecule has 0 spiro atoms. The summed E-state index contributed by atoms with van der Waals surface area (Å²) in [6, 6.07) is 9.75. The summed E-state index contributed by atoms with van der Waals surface area (Å²) in [5.41, 5.74) is 2.21. The van der Waals surface area contributed by atoms with E-state index in [2.05, 4.69) is 12.3 Å². The van der Waals surface area contributed by atoms with E-state index in [1.54, 1.807) is 16.7 Å². The van der Waals surface area contributed by atoms with Crippen molar-refractivity contribution in [3.05, 3.63) is 53.3 Å². The van der Waals surface area contributed by atoms with E-state index in [1.165, 1.54) is 0 Å². The maximum Gasteiger partial charge on any atom is 0.233 e. The molecule has 0 saturated carbocycles. The Morgan fingerprint density at radius 1 is 1.26 bits per heavy atom. The fourth-order valence-electron chi connectivity index (χ4n) is 2.15. The van der Waals surface area contributed by atoms with E-state index in [9.17, 15) is 4.79 Å². The molecule has 0 aliphatic carbocycles. The fraction of sp³-hybridized carbons (Fsp3) is 0.214. The van der Waals surface area contributed by atoms with Crippen LogP contribution < -0.4 is 0 Å². The Hall–Kier alpha value is -1.39. The molecule has 1 atom stereocenters. The second-order valence-electron chi connectivity index (χ2n) is 4.50. The van der Waals surface area contributed by atoms with E-state index in [4.69, 9.17) is 11.6 Å². The predicted octanol–water partition coefficient (Wildman–Crippen LogP) is 3.33. The van der Waals surface area contributed by atoms with Crippen molar-refractivity contribution in [2.45, 2.75) is 5.37 Å². The van der Waals surface area contributed by atoms with E-state index in [0.717, 1.165) is 16.3 Å². The molecule has 0 radical (unpaired) electrons. The Labute approximate surface area is 121 Å². The smallest absolute Gasteiger partial charge is 0.233 e. The summed E-state index contributed by atoms with van der Waals surface area (Å²) in [5.74, 6) is 0.752. The third-order valence-corrected chi connectivity index (χ3v) is 4.81. The van der Waals surface area contributed by atoms with Gasteiger partial charge in [0.15, 0.2) is 0 Å². The van der Waals surface area contributed by atoms with Gasteiger partial charge in [-0.1, -0.05) is 11.6 Å². The number of amides is 1. The van der Waals surface area contributed by atoms with Gasteiger partial charge in [0.25, 0.3) is 0 Å². The van der Waals surface area contributed by atoms with Gasteiger partial charge in [-0.15, -0.1) is 11.8 Å². The van der Waals surface area contributed by atoms with E-state index in [-0.39, 0.29) is 11.3 Å². The number of carbonyl (C=O) groups is 1. The Kier molecular flexibility index (Phi) is 3.29. The Bertz CT molecular complexity index is 608. The van der Waals surface area contributed by atoms with Crippen LogP contribution >= 0.6 is 23.4 Å². The Morgan fingerprint density at radius 2 is 2.00 bits per heavy atom. The minimum Gasteiger partial charge on any atom is -0.329 e. The normalized spacial score (nSPS) is 19.2. The van der Waals surface area contributed by atoms with Gasteiger partial charge in [-0.05, 0) is 30.3 Å². The van der Waals surface area contributed by atoms with Crippen molar-refractivity contribution in [2.24, 2.45) is 0 Å². The highest BCUT2D eigenvalue weighted by molar-refractivity contribution is 8.00. The monoisotopic (exact) mass is 292 g/mol. The zero-order valence-corrected chi connectivity index (χ0v) is 12.0. The molecule has 1 saturated heterocycles. The molecule has 2 heterocycles. The molecule has 3 rings (SSSR count). The highest BCUT2D eigenvalue weighted by atomic mass is 35.5. The van der Waals surface area contributed by atoms with E-state index in [1.807, 2.05) is 42.1 Å². The molecule has 19 heavy (non-hydrogen) atoms. The average molecular weight is 293 g/mol. The number of aromatic nitrogens is 1. The van der Waals surface area contributed by atoms with Crippen LogP contribution in [0.4, 0.5) is 0 Å². The van der Waals surface area contributed by atoms with Crippen molar-refractivity contribution >= 4 is 29.3 Å². The highest BCUT2D eigenvalue weighted by Gasteiger charge is 2.30. The zero-order chi connectivity index (χ0) is 13.4. The number of rotatable bonds is 2. The summed E-state index contributed by atoms with van der Waals surface area (Å²) in [7, 11) is 1.85. The first-order chi connectivity index (χ1) is 9.15. The zero-order valence-electron chi connectivity index (χ0n) is 10.4. The SMILES string of the molecule is CN1C(=O)CS[C@H]1c1ccn(-c2ccc(Cl)cc2)c1. The number of hydrogen-bond acceptors (Lipinski definition) is 2. The standard InChI is InChI=1S/C14H13ClN2OS/c1-16-13(18)9-19-14(16)10-6-7-17(8-10)12-4-2-11(15)3-5-12/h2-8,14H,9H2,1H3/t14-/m0/s1. The van der Waals surface area contributed by atoms with Crippen LogP contribution in [0.25, 0.3) is 5.69 Å². The van der Waals surface area contributed by atoms with Crippen LogP contribution in [0.1, 0.15) is 10.9 Å². The molecule has 3 nitrogen and oxygen atoms in total. The molecule has 1 aromatic carbocycles. The summed E-state index contributed by atoms with van der Waals surface area (Å²) in [4.78, 5) is 13.4. The summed E-state index contributed by atoms with van der Waals surface area (Å²) in [6.45, 7) is 0. The third-order valence-electron chi connectivity index (χ3n) is 3.24. The van der Waals surface area contributed by atoms with E-state index in [0.29, 0.717) is 5.75 Å².